The van der Waals surface area contributed by atoms with E-state index in [1.165, 1.54) is 12.1 Å². The normalized spacial score (nSPS) is 10.9. The number of rotatable bonds is 9. The monoisotopic (exact) mass is 460 g/mol. The maximum Gasteiger partial charge on any atom is 0.337 e. The summed E-state index contributed by atoms with van der Waals surface area (Å²) < 4.78 is 26.1. The van der Waals surface area contributed by atoms with E-state index < -0.39 is 11.8 Å². The first-order valence-electron chi connectivity index (χ1n) is 10.0. The molecule has 0 amide bonds. The average Bonchev–Trinajstić information content (AvgIpc) is 2.99. The van der Waals surface area contributed by atoms with Crippen LogP contribution in [0.15, 0.2) is 36.4 Å². The van der Waals surface area contributed by atoms with Crippen LogP contribution in [0, 0.1) is 19.7 Å². The summed E-state index contributed by atoms with van der Waals surface area (Å²) in [4.78, 5) is 12.0. The molecule has 1 aromatic heterocycles. The van der Waals surface area contributed by atoms with E-state index in [0.29, 0.717) is 53.0 Å². The molecule has 3 aromatic rings. The van der Waals surface area contributed by atoms with Gasteiger partial charge in [0.15, 0.2) is 11.5 Å². The fourth-order valence-electron chi connectivity index (χ4n) is 3.92. The summed E-state index contributed by atoms with van der Waals surface area (Å²) in [7, 11) is 3.16. The second-order valence-corrected chi connectivity index (χ2v) is 7.81. The molecule has 0 bridgehead atoms. The summed E-state index contributed by atoms with van der Waals surface area (Å²) in [5.74, 6) is -0.140. The van der Waals surface area contributed by atoms with Gasteiger partial charge in [-0.1, -0.05) is 29.8 Å². The van der Waals surface area contributed by atoms with Crippen molar-refractivity contribution in [3.8, 4) is 11.5 Å². The Hall–Kier alpha value is -3.03. The van der Waals surface area contributed by atoms with Crippen molar-refractivity contribution in [3.63, 3.8) is 0 Å². The van der Waals surface area contributed by atoms with Crippen molar-refractivity contribution >= 4 is 17.6 Å². The van der Waals surface area contributed by atoms with Gasteiger partial charge in [0.1, 0.15) is 5.82 Å². The first-order valence-corrected chi connectivity index (χ1v) is 10.4. The summed E-state index contributed by atoms with van der Waals surface area (Å²) >= 11 is 6.19. The van der Waals surface area contributed by atoms with Crippen LogP contribution in [0.2, 0.25) is 5.02 Å². The van der Waals surface area contributed by atoms with Crippen LogP contribution in [0.25, 0.3) is 0 Å². The molecule has 0 atom stereocenters. The molecule has 0 radical (unpaired) electrons. The standard InChI is InChI=1S/C24H26ClFN2O4/c1-14-19(12-27-11-16-6-5-7-21(31-3)23(16)32-4)22(24(29)30)15(2)28(14)13-17-8-9-18(26)10-20(17)25/h5-10,27H,11-13H2,1-4H3,(H,29,30). The van der Waals surface area contributed by atoms with E-state index in [-0.39, 0.29) is 5.56 Å². The molecule has 0 aliphatic rings. The zero-order valence-electron chi connectivity index (χ0n) is 18.5. The zero-order chi connectivity index (χ0) is 23.4. The van der Waals surface area contributed by atoms with Crippen LogP contribution in [-0.2, 0) is 19.6 Å². The van der Waals surface area contributed by atoms with Gasteiger partial charge in [-0.15, -0.1) is 0 Å². The molecule has 2 N–H and O–H groups in total. The summed E-state index contributed by atoms with van der Waals surface area (Å²) in [5.41, 5.74) is 3.99. The van der Waals surface area contributed by atoms with Crippen molar-refractivity contribution < 1.29 is 23.8 Å². The molecule has 3 rings (SSSR count). The molecule has 0 saturated carbocycles. The van der Waals surface area contributed by atoms with Gasteiger partial charge in [0.2, 0.25) is 0 Å². The molecule has 0 fully saturated rings. The van der Waals surface area contributed by atoms with Crippen molar-refractivity contribution in [2.75, 3.05) is 14.2 Å². The number of carboxylic acid groups (broad SMARTS) is 1. The average molecular weight is 461 g/mol. The van der Waals surface area contributed by atoms with E-state index in [1.807, 2.05) is 29.7 Å². The molecular weight excluding hydrogens is 435 g/mol. The third-order valence-corrected chi connectivity index (χ3v) is 5.92. The molecule has 8 heteroatoms. The minimum Gasteiger partial charge on any atom is -0.493 e. The number of para-hydroxylation sites is 1. The van der Waals surface area contributed by atoms with Crippen LogP contribution >= 0.6 is 11.6 Å². The number of aromatic carboxylic acids is 1. The summed E-state index contributed by atoms with van der Waals surface area (Å²) in [6, 6.07) is 9.83. The van der Waals surface area contributed by atoms with Gasteiger partial charge in [0, 0.05) is 47.2 Å². The third kappa shape index (κ3) is 4.74. The van der Waals surface area contributed by atoms with Gasteiger partial charge in [-0.05, 0) is 37.6 Å². The molecule has 0 aliphatic carbocycles. The Labute approximate surface area is 191 Å². The zero-order valence-corrected chi connectivity index (χ0v) is 19.2. The first kappa shape index (κ1) is 23.6. The van der Waals surface area contributed by atoms with Gasteiger partial charge in [0.25, 0.3) is 0 Å². The van der Waals surface area contributed by atoms with Gasteiger partial charge in [0.05, 0.1) is 19.8 Å². The first-order chi connectivity index (χ1) is 15.3. The smallest absolute Gasteiger partial charge is 0.337 e. The summed E-state index contributed by atoms with van der Waals surface area (Å²) in [6.07, 6.45) is 0. The second kappa shape index (κ2) is 10.1. The molecule has 6 nitrogen and oxygen atoms in total. The molecule has 32 heavy (non-hydrogen) atoms. The highest BCUT2D eigenvalue weighted by molar-refractivity contribution is 6.31. The number of carboxylic acids is 1. The minimum absolute atomic E-state index is 0.255. The van der Waals surface area contributed by atoms with Crippen molar-refractivity contribution in [1.29, 1.82) is 0 Å². The SMILES string of the molecule is COc1cccc(CNCc2c(C(=O)O)c(C)n(Cc3ccc(F)cc3Cl)c2C)c1OC. The van der Waals surface area contributed by atoms with E-state index in [1.54, 1.807) is 27.2 Å². The fraction of sp³-hybridized carbons (Fsp3) is 0.292. The minimum atomic E-state index is -0.995. The lowest BCUT2D eigenvalue weighted by Gasteiger charge is -2.14. The van der Waals surface area contributed by atoms with E-state index >= 15 is 0 Å². The molecule has 170 valence electrons. The highest BCUT2D eigenvalue weighted by atomic mass is 35.5. The quantitative estimate of drug-likeness (QED) is 0.472. The van der Waals surface area contributed by atoms with E-state index in [2.05, 4.69) is 5.32 Å². The number of methoxy groups -OCH3 is 2. The highest BCUT2D eigenvalue weighted by Crippen LogP contribution is 2.31. The Balaban J connectivity index is 1.87. The van der Waals surface area contributed by atoms with Gasteiger partial charge in [-0.3, -0.25) is 0 Å². The predicted octanol–water partition coefficient (Wildman–Crippen LogP) is 4.95. The van der Waals surface area contributed by atoms with Crippen molar-refractivity contribution in [1.82, 2.24) is 9.88 Å². The molecule has 2 aromatic carbocycles. The lowest BCUT2D eigenvalue weighted by Crippen LogP contribution is -2.16. The maximum atomic E-state index is 13.4. The van der Waals surface area contributed by atoms with Gasteiger partial charge >= 0.3 is 5.97 Å². The largest absolute Gasteiger partial charge is 0.493 e. The van der Waals surface area contributed by atoms with Gasteiger partial charge < -0.3 is 24.5 Å². The van der Waals surface area contributed by atoms with Crippen LogP contribution in [-0.4, -0.2) is 29.9 Å². The maximum absolute atomic E-state index is 13.4. The van der Waals surface area contributed by atoms with Crippen molar-refractivity contribution in [2.24, 2.45) is 0 Å². The van der Waals surface area contributed by atoms with E-state index in [9.17, 15) is 14.3 Å². The molecule has 1 heterocycles. The number of hydrogen-bond acceptors (Lipinski definition) is 4. The topological polar surface area (TPSA) is 72.7 Å². The van der Waals surface area contributed by atoms with Crippen LogP contribution < -0.4 is 14.8 Å². The Kier molecular flexibility index (Phi) is 7.43. The van der Waals surface area contributed by atoms with Crippen molar-refractivity contribution in [2.45, 2.75) is 33.5 Å². The number of hydrogen-bond donors (Lipinski definition) is 2. The van der Waals surface area contributed by atoms with Crippen molar-refractivity contribution in [3.05, 3.63) is 80.9 Å². The van der Waals surface area contributed by atoms with Gasteiger partial charge in [-0.25, -0.2) is 9.18 Å². The number of nitrogens with one attached hydrogen (secondary N) is 1. The molecule has 0 spiro atoms. The lowest BCUT2D eigenvalue weighted by molar-refractivity contribution is 0.0694. The predicted molar refractivity (Wildman–Crippen MR) is 121 cm³/mol. The number of ether oxygens (including phenoxy) is 2. The van der Waals surface area contributed by atoms with Gasteiger partial charge in [-0.2, -0.15) is 0 Å². The third-order valence-electron chi connectivity index (χ3n) is 5.57. The number of nitrogens with zero attached hydrogens (tertiary/aromatic N) is 1. The molecular formula is C24H26ClFN2O4. The molecule has 0 aliphatic heterocycles. The van der Waals surface area contributed by atoms with E-state index in [4.69, 9.17) is 21.1 Å². The molecule has 0 unspecified atom stereocenters. The van der Waals surface area contributed by atoms with Crippen LogP contribution in [0.5, 0.6) is 11.5 Å². The number of benzene rings is 2. The molecule has 0 saturated heterocycles. The Morgan fingerprint density at radius 2 is 1.84 bits per heavy atom. The highest BCUT2D eigenvalue weighted by Gasteiger charge is 2.23. The summed E-state index contributed by atoms with van der Waals surface area (Å²) in [5, 5.41) is 13.5. The Morgan fingerprint density at radius 3 is 2.47 bits per heavy atom. The lowest BCUT2D eigenvalue weighted by atomic mass is 10.1. The number of aromatic nitrogens is 1. The Bertz CT molecular complexity index is 1140. The van der Waals surface area contributed by atoms with E-state index in [0.717, 1.165) is 11.3 Å². The van der Waals surface area contributed by atoms with Crippen LogP contribution in [0.4, 0.5) is 4.39 Å². The van der Waals surface area contributed by atoms with Crippen LogP contribution in [0.3, 0.4) is 0 Å². The fourth-order valence-corrected chi connectivity index (χ4v) is 4.15. The second-order valence-electron chi connectivity index (χ2n) is 7.41. The van der Waals surface area contributed by atoms with Crippen LogP contribution in [0.1, 0.15) is 38.4 Å². The Morgan fingerprint density at radius 1 is 1.09 bits per heavy atom. The summed E-state index contributed by atoms with van der Waals surface area (Å²) in [6.45, 7) is 4.80. The number of halogens is 2. The number of carbonyl (C=O) groups is 1.